The van der Waals surface area contributed by atoms with Crippen molar-refractivity contribution in [3.8, 4) is 11.1 Å². The van der Waals surface area contributed by atoms with Crippen LogP contribution in [0.2, 0.25) is 0 Å². The summed E-state index contributed by atoms with van der Waals surface area (Å²) >= 11 is 0. The highest BCUT2D eigenvalue weighted by Crippen LogP contribution is 2.35. The average Bonchev–Trinajstić information content (AvgIpc) is 2.82. The van der Waals surface area contributed by atoms with Gasteiger partial charge in [0.05, 0.1) is 22.1 Å². The van der Waals surface area contributed by atoms with Crippen molar-refractivity contribution in [3.05, 3.63) is 110 Å². The van der Waals surface area contributed by atoms with Gasteiger partial charge >= 0.3 is 6.18 Å². The Hall–Kier alpha value is -4.19. The lowest BCUT2D eigenvalue weighted by Gasteiger charge is -2.16. The normalized spacial score (nSPS) is 12.4. The molecule has 0 unspecified atom stereocenters. The predicted molar refractivity (Wildman–Crippen MR) is 129 cm³/mol. The molecule has 4 aromatic carbocycles. The monoisotopic (exact) mass is 455 g/mol. The number of alkyl halides is 3. The van der Waals surface area contributed by atoms with E-state index < -0.39 is 11.7 Å². The molecule has 0 N–H and O–H groups in total. The lowest BCUT2D eigenvalue weighted by atomic mass is 9.95. The van der Waals surface area contributed by atoms with Crippen LogP contribution < -0.4 is 10.9 Å². The Morgan fingerprint density at radius 2 is 1.15 bits per heavy atom. The summed E-state index contributed by atoms with van der Waals surface area (Å²) in [5.41, 5.74) is 1.64. The molecule has 6 rings (SSSR count). The van der Waals surface area contributed by atoms with Gasteiger partial charge in [-0.3, -0.25) is 9.59 Å². The Bertz CT molecular complexity index is 1800. The van der Waals surface area contributed by atoms with Crippen LogP contribution in [-0.2, 0) is 6.18 Å². The number of aromatic nitrogens is 1. The molecule has 0 bridgehead atoms. The van der Waals surface area contributed by atoms with Crippen LogP contribution in [0.25, 0.3) is 49.2 Å². The minimum absolute atomic E-state index is 0.263. The standard InChI is InChI=1S/C28H16F3NO2/c1-15-10-16(12-18(11-15)28(29,30)31)17-13-21-25-22(14-17)27(34)20-7-3-5-9-24(20)32(25)23-8-4-2-6-19(23)26(21)33/h2-14H,1H3. The molecular formula is C28H16F3NO2. The zero-order valence-corrected chi connectivity index (χ0v) is 17.9. The van der Waals surface area contributed by atoms with Gasteiger partial charge in [-0.05, 0) is 72.1 Å². The van der Waals surface area contributed by atoms with Crippen LogP contribution in [0.4, 0.5) is 13.2 Å². The van der Waals surface area contributed by atoms with E-state index in [0.717, 1.165) is 12.1 Å². The molecule has 0 aliphatic rings. The van der Waals surface area contributed by atoms with E-state index in [2.05, 4.69) is 0 Å². The Labute approximate surface area is 190 Å². The lowest BCUT2D eigenvalue weighted by molar-refractivity contribution is -0.137. The molecule has 0 aliphatic carbocycles. The minimum Gasteiger partial charge on any atom is -0.308 e. The van der Waals surface area contributed by atoms with Crippen molar-refractivity contribution in [3.63, 3.8) is 0 Å². The number of para-hydroxylation sites is 2. The van der Waals surface area contributed by atoms with Crippen LogP contribution >= 0.6 is 0 Å². The highest BCUT2D eigenvalue weighted by molar-refractivity contribution is 6.09. The number of pyridine rings is 2. The first-order valence-corrected chi connectivity index (χ1v) is 10.7. The zero-order chi connectivity index (χ0) is 23.8. The Kier molecular flexibility index (Phi) is 4.15. The summed E-state index contributed by atoms with van der Waals surface area (Å²) < 4.78 is 42.4. The first kappa shape index (κ1) is 20.4. The molecule has 34 heavy (non-hydrogen) atoms. The van der Waals surface area contributed by atoms with Gasteiger partial charge in [-0.1, -0.05) is 30.3 Å². The molecule has 2 aromatic heterocycles. The van der Waals surface area contributed by atoms with Gasteiger partial charge in [0.1, 0.15) is 0 Å². The van der Waals surface area contributed by atoms with Crippen LogP contribution in [0.1, 0.15) is 11.1 Å². The Morgan fingerprint density at radius 3 is 1.68 bits per heavy atom. The summed E-state index contributed by atoms with van der Waals surface area (Å²) in [4.78, 5) is 27.0. The van der Waals surface area contributed by atoms with Gasteiger partial charge in [0.15, 0.2) is 10.9 Å². The quantitative estimate of drug-likeness (QED) is 0.208. The highest BCUT2D eigenvalue weighted by Gasteiger charge is 2.31. The maximum absolute atomic E-state index is 13.5. The molecule has 2 heterocycles. The molecule has 0 saturated carbocycles. The third-order valence-corrected chi connectivity index (χ3v) is 6.34. The van der Waals surface area contributed by atoms with E-state index in [0.29, 0.717) is 54.8 Å². The molecule has 0 fully saturated rings. The first-order valence-electron chi connectivity index (χ1n) is 10.7. The zero-order valence-electron chi connectivity index (χ0n) is 17.9. The maximum atomic E-state index is 13.5. The van der Waals surface area contributed by atoms with Crippen LogP contribution in [0.15, 0.2) is 88.5 Å². The van der Waals surface area contributed by atoms with E-state index in [1.165, 1.54) is 0 Å². The third kappa shape index (κ3) is 2.85. The third-order valence-electron chi connectivity index (χ3n) is 6.34. The lowest BCUT2D eigenvalue weighted by Crippen LogP contribution is -2.14. The molecule has 6 heteroatoms. The number of aryl methyl sites for hydroxylation is 1. The van der Waals surface area contributed by atoms with Gasteiger partial charge in [-0.25, -0.2) is 0 Å². The van der Waals surface area contributed by atoms with Crippen molar-refractivity contribution in [1.82, 2.24) is 4.40 Å². The van der Waals surface area contributed by atoms with Gasteiger partial charge in [0.25, 0.3) is 0 Å². The predicted octanol–water partition coefficient (Wildman–Crippen LogP) is 6.55. The van der Waals surface area contributed by atoms with Crippen LogP contribution in [0.5, 0.6) is 0 Å². The fourth-order valence-corrected chi connectivity index (χ4v) is 4.88. The number of rotatable bonds is 1. The number of benzene rings is 4. The largest absolute Gasteiger partial charge is 0.416 e. The SMILES string of the molecule is Cc1cc(-c2cc3c(=O)c4ccccc4n4c5ccccc5c(=O)c(c2)c34)cc(C(F)(F)F)c1. The second-order valence-electron chi connectivity index (χ2n) is 8.53. The molecule has 0 aliphatic heterocycles. The van der Waals surface area contributed by atoms with Gasteiger partial charge in [-0.2, -0.15) is 13.2 Å². The number of halogens is 3. The van der Waals surface area contributed by atoms with E-state index in [1.807, 2.05) is 28.7 Å². The number of nitrogens with zero attached hydrogens (tertiary/aromatic N) is 1. The number of hydrogen-bond donors (Lipinski definition) is 0. The molecule has 0 saturated heterocycles. The van der Waals surface area contributed by atoms with Crippen LogP contribution in [0, 0.1) is 6.92 Å². The topological polar surface area (TPSA) is 38.5 Å². The second kappa shape index (κ2) is 6.90. The van der Waals surface area contributed by atoms with Gasteiger partial charge in [0, 0.05) is 21.5 Å². The van der Waals surface area contributed by atoms with E-state index in [1.54, 1.807) is 49.4 Å². The van der Waals surface area contributed by atoms with Crippen molar-refractivity contribution < 1.29 is 13.2 Å². The van der Waals surface area contributed by atoms with Gasteiger partial charge in [-0.15, -0.1) is 0 Å². The van der Waals surface area contributed by atoms with E-state index in [-0.39, 0.29) is 10.9 Å². The molecule has 0 amide bonds. The fourth-order valence-electron chi connectivity index (χ4n) is 4.88. The summed E-state index contributed by atoms with van der Waals surface area (Å²) in [6, 6.07) is 21.3. The van der Waals surface area contributed by atoms with Gasteiger partial charge in [0.2, 0.25) is 0 Å². The summed E-state index contributed by atoms with van der Waals surface area (Å²) in [7, 11) is 0. The van der Waals surface area contributed by atoms with E-state index >= 15 is 0 Å². The first-order chi connectivity index (χ1) is 16.2. The Morgan fingerprint density at radius 1 is 0.647 bits per heavy atom. The molecular weight excluding hydrogens is 439 g/mol. The van der Waals surface area contributed by atoms with Crippen molar-refractivity contribution in [1.29, 1.82) is 0 Å². The smallest absolute Gasteiger partial charge is 0.308 e. The summed E-state index contributed by atoms with van der Waals surface area (Å²) in [5, 5.41) is 1.54. The number of hydrogen-bond acceptors (Lipinski definition) is 2. The highest BCUT2D eigenvalue weighted by atomic mass is 19.4. The Balaban J connectivity index is 1.86. The number of fused-ring (bicyclic) bond motifs is 4. The van der Waals surface area contributed by atoms with Crippen molar-refractivity contribution >= 4 is 38.1 Å². The minimum atomic E-state index is -4.51. The summed E-state index contributed by atoms with van der Waals surface area (Å²) in [5.74, 6) is 0. The fraction of sp³-hybridized carbons (Fsp3) is 0.0714. The molecule has 3 nitrogen and oxygen atoms in total. The van der Waals surface area contributed by atoms with Crippen LogP contribution in [0.3, 0.4) is 0 Å². The molecule has 166 valence electrons. The molecule has 0 radical (unpaired) electrons. The van der Waals surface area contributed by atoms with Crippen molar-refractivity contribution in [2.75, 3.05) is 0 Å². The average molecular weight is 455 g/mol. The van der Waals surface area contributed by atoms with Crippen LogP contribution in [-0.4, -0.2) is 4.40 Å². The second-order valence-corrected chi connectivity index (χ2v) is 8.53. The summed E-state index contributed by atoms with van der Waals surface area (Å²) in [6.45, 7) is 1.59. The summed E-state index contributed by atoms with van der Waals surface area (Å²) in [6.07, 6.45) is -4.51. The maximum Gasteiger partial charge on any atom is 0.416 e. The molecule has 0 atom stereocenters. The molecule has 6 aromatic rings. The van der Waals surface area contributed by atoms with Crippen molar-refractivity contribution in [2.24, 2.45) is 0 Å². The van der Waals surface area contributed by atoms with Gasteiger partial charge < -0.3 is 4.40 Å². The van der Waals surface area contributed by atoms with E-state index in [4.69, 9.17) is 0 Å². The van der Waals surface area contributed by atoms with E-state index in [9.17, 15) is 22.8 Å². The molecule has 0 spiro atoms. The van der Waals surface area contributed by atoms with Crippen molar-refractivity contribution in [2.45, 2.75) is 13.1 Å².